The van der Waals surface area contributed by atoms with Gasteiger partial charge in [-0.2, -0.15) is 0 Å². The maximum Gasteiger partial charge on any atom is 0.222 e. The fourth-order valence-corrected chi connectivity index (χ4v) is 2.73. The second kappa shape index (κ2) is 17.6. The Morgan fingerprint density at radius 1 is 0.852 bits per heavy atom. The first-order valence-corrected chi connectivity index (χ1v) is 10.5. The van der Waals surface area contributed by atoms with Crippen molar-refractivity contribution < 1.29 is 9.59 Å². The van der Waals surface area contributed by atoms with Crippen LogP contribution < -0.4 is 5.73 Å². The van der Waals surface area contributed by atoms with Crippen LogP contribution in [0.3, 0.4) is 0 Å². The molecule has 0 aliphatic carbocycles. The molecule has 0 aromatic heterocycles. The minimum absolute atomic E-state index is 0.229. The Morgan fingerprint density at radius 2 is 1.44 bits per heavy atom. The lowest BCUT2D eigenvalue weighted by Gasteiger charge is -2.26. The highest BCUT2D eigenvalue weighted by Gasteiger charge is 2.15. The molecule has 154 valence electrons. The highest BCUT2D eigenvalue weighted by atomic mass is 16.2. The third-order valence-electron chi connectivity index (χ3n) is 4.31. The molecule has 0 spiro atoms. The summed E-state index contributed by atoms with van der Waals surface area (Å²) in [7, 11) is 0. The van der Waals surface area contributed by atoms with Crippen molar-refractivity contribution in [1.29, 1.82) is 0 Å². The van der Waals surface area contributed by atoms with Crippen molar-refractivity contribution >= 4 is 11.8 Å². The standard InChI is InChI=1S/C23H40N2O2/c1-4-5-15-19-23(27)25(21(2)3)20-17-14-12-10-8-6-7-9-11-13-16-18-22(24)26/h6,8-9,11-12,14,21H,4-5,7,10,13,15-20H2,1-3H3,(H2,24,26). The van der Waals surface area contributed by atoms with E-state index in [1.54, 1.807) is 0 Å². The van der Waals surface area contributed by atoms with Gasteiger partial charge < -0.3 is 10.6 Å². The Bertz CT molecular complexity index is 479. The largest absolute Gasteiger partial charge is 0.370 e. The van der Waals surface area contributed by atoms with E-state index in [-0.39, 0.29) is 17.9 Å². The van der Waals surface area contributed by atoms with Crippen LogP contribution in [0.5, 0.6) is 0 Å². The maximum atomic E-state index is 12.3. The molecule has 2 amide bonds. The van der Waals surface area contributed by atoms with E-state index in [0.717, 1.165) is 57.9 Å². The third-order valence-corrected chi connectivity index (χ3v) is 4.31. The fourth-order valence-electron chi connectivity index (χ4n) is 2.73. The zero-order chi connectivity index (χ0) is 20.3. The van der Waals surface area contributed by atoms with Crippen molar-refractivity contribution in [3.63, 3.8) is 0 Å². The number of hydrogen-bond acceptors (Lipinski definition) is 2. The van der Waals surface area contributed by atoms with Gasteiger partial charge in [0.25, 0.3) is 0 Å². The molecule has 27 heavy (non-hydrogen) atoms. The molecule has 4 nitrogen and oxygen atoms in total. The van der Waals surface area contributed by atoms with E-state index in [1.807, 2.05) is 4.90 Å². The Balaban J connectivity index is 3.88. The van der Waals surface area contributed by atoms with E-state index in [2.05, 4.69) is 57.2 Å². The second-order valence-electron chi connectivity index (χ2n) is 7.17. The van der Waals surface area contributed by atoms with Gasteiger partial charge in [0, 0.05) is 25.4 Å². The summed E-state index contributed by atoms with van der Waals surface area (Å²) in [6.45, 7) is 7.14. The monoisotopic (exact) mass is 376 g/mol. The first-order valence-electron chi connectivity index (χ1n) is 10.5. The number of nitrogens with zero attached hydrogens (tertiary/aromatic N) is 1. The first kappa shape index (κ1) is 25.2. The zero-order valence-electron chi connectivity index (χ0n) is 17.7. The number of allylic oxidation sites excluding steroid dienone is 5. The highest BCUT2D eigenvalue weighted by molar-refractivity contribution is 5.76. The van der Waals surface area contributed by atoms with Crippen LogP contribution in [0.2, 0.25) is 0 Å². The Kier molecular flexibility index (Phi) is 16.4. The quantitative estimate of drug-likeness (QED) is 0.293. The first-order chi connectivity index (χ1) is 13.0. The van der Waals surface area contributed by atoms with Crippen LogP contribution >= 0.6 is 0 Å². The number of nitrogens with two attached hydrogens (primary N) is 1. The molecular formula is C23H40N2O2. The smallest absolute Gasteiger partial charge is 0.222 e. The number of amides is 2. The molecule has 0 aliphatic heterocycles. The molecule has 0 heterocycles. The average molecular weight is 377 g/mol. The maximum absolute atomic E-state index is 12.3. The van der Waals surface area contributed by atoms with Gasteiger partial charge in [0.15, 0.2) is 0 Å². The van der Waals surface area contributed by atoms with Gasteiger partial charge in [-0.15, -0.1) is 0 Å². The van der Waals surface area contributed by atoms with E-state index in [9.17, 15) is 9.59 Å². The summed E-state index contributed by atoms with van der Waals surface area (Å²) >= 11 is 0. The highest BCUT2D eigenvalue weighted by Crippen LogP contribution is 2.08. The van der Waals surface area contributed by atoms with Crippen molar-refractivity contribution in [1.82, 2.24) is 4.90 Å². The molecular weight excluding hydrogens is 336 g/mol. The second-order valence-corrected chi connectivity index (χ2v) is 7.17. The van der Waals surface area contributed by atoms with Crippen LogP contribution in [0.1, 0.15) is 85.0 Å². The van der Waals surface area contributed by atoms with E-state index in [4.69, 9.17) is 5.73 Å². The molecule has 0 unspecified atom stereocenters. The predicted octanol–water partition coefficient (Wildman–Crippen LogP) is 5.30. The number of unbranched alkanes of at least 4 members (excludes halogenated alkanes) is 3. The Morgan fingerprint density at radius 3 is 2.00 bits per heavy atom. The van der Waals surface area contributed by atoms with Gasteiger partial charge in [-0.05, 0) is 52.4 Å². The van der Waals surface area contributed by atoms with Crippen molar-refractivity contribution in [2.24, 2.45) is 5.73 Å². The molecule has 0 aromatic rings. The lowest BCUT2D eigenvalue weighted by molar-refractivity contribution is -0.133. The van der Waals surface area contributed by atoms with Crippen LogP contribution in [-0.2, 0) is 9.59 Å². The number of carbonyl (C=O) groups is 2. The molecule has 0 saturated carbocycles. The number of hydrogen-bond donors (Lipinski definition) is 1. The van der Waals surface area contributed by atoms with Gasteiger partial charge in [-0.25, -0.2) is 0 Å². The van der Waals surface area contributed by atoms with Gasteiger partial charge in [-0.3, -0.25) is 9.59 Å². The minimum Gasteiger partial charge on any atom is -0.370 e. The predicted molar refractivity (Wildman–Crippen MR) is 115 cm³/mol. The Labute approximate surface area is 166 Å². The molecule has 0 bridgehead atoms. The van der Waals surface area contributed by atoms with E-state index >= 15 is 0 Å². The van der Waals surface area contributed by atoms with Crippen molar-refractivity contribution in [2.45, 2.75) is 91.0 Å². The normalized spacial score (nSPS) is 12.0. The third kappa shape index (κ3) is 16.1. The molecule has 0 atom stereocenters. The summed E-state index contributed by atoms with van der Waals surface area (Å²) < 4.78 is 0. The summed E-state index contributed by atoms with van der Waals surface area (Å²) in [5.74, 6) is 0.0572. The van der Waals surface area contributed by atoms with E-state index in [0.29, 0.717) is 12.8 Å². The summed E-state index contributed by atoms with van der Waals surface area (Å²) in [6, 6.07) is 0.266. The lowest BCUT2D eigenvalue weighted by Crippen LogP contribution is -2.37. The summed E-state index contributed by atoms with van der Waals surface area (Å²) in [5.41, 5.74) is 5.09. The van der Waals surface area contributed by atoms with Crippen molar-refractivity contribution in [3.8, 4) is 0 Å². The zero-order valence-corrected chi connectivity index (χ0v) is 17.7. The van der Waals surface area contributed by atoms with Crippen LogP contribution in [0.15, 0.2) is 36.5 Å². The number of rotatable bonds is 16. The van der Waals surface area contributed by atoms with Gasteiger partial charge in [0.2, 0.25) is 11.8 Å². The molecule has 0 saturated heterocycles. The van der Waals surface area contributed by atoms with E-state index < -0.39 is 0 Å². The average Bonchev–Trinajstić information content (AvgIpc) is 2.61. The molecule has 2 N–H and O–H groups in total. The van der Waals surface area contributed by atoms with Gasteiger partial charge in [0.05, 0.1) is 0 Å². The molecule has 4 heteroatoms. The minimum atomic E-state index is -0.229. The summed E-state index contributed by atoms with van der Waals surface area (Å²) in [6.07, 6.45) is 21.7. The molecule has 0 aliphatic rings. The van der Waals surface area contributed by atoms with Gasteiger partial charge in [0.1, 0.15) is 0 Å². The fraction of sp³-hybridized carbons (Fsp3) is 0.652. The van der Waals surface area contributed by atoms with Crippen LogP contribution in [0, 0.1) is 0 Å². The molecule has 0 aromatic carbocycles. The summed E-state index contributed by atoms with van der Waals surface area (Å²) in [4.78, 5) is 24.9. The molecule has 0 rings (SSSR count). The van der Waals surface area contributed by atoms with Crippen molar-refractivity contribution in [3.05, 3.63) is 36.5 Å². The van der Waals surface area contributed by atoms with Crippen LogP contribution in [0.25, 0.3) is 0 Å². The number of primary amides is 1. The lowest BCUT2D eigenvalue weighted by atomic mass is 10.1. The topological polar surface area (TPSA) is 63.4 Å². The molecule has 0 fully saturated rings. The number of carbonyl (C=O) groups excluding carboxylic acids is 2. The van der Waals surface area contributed by atoms with Crippen LogP contribution in [-0.4, -0.2) is 29.3 Å². The van der Waals surface area contributed by atoms with Crippen molar-refractivity contribution in [2.75, 3.05) is 6.54 Å². The SMILES string of the molecule is CCCCCC(=O)N(CCC=CCC=CCC=CCCCC(N)=O)C(C)C. The van der Waals surface area contributed by atoms with E-state index in [1.165, 1.54) is 0 Å². The van der Waals surface area contributed by atoms with Gasteiger partial charge >= 0.3 is 0 Å². The Hall–Kier alpha value is -1.84. The van der Waals surface area contributed by atoms with Gasteiger partial charge in [-0.1, -0.05) is 56.2 Å². The molecule has 0 radical (unpaired) electrons. The van der Waals surface area contributed by atoms with Crippen LogP contribution in [0.4, 0.5) is 0 Å². The summed E-state index contributed by atoms with van der Waals surface area (Å²) in [5, 5.41) is 0.